The number of ether oxygens (including phenoxy) is 1. The highest BCUT2D eigenvalue weighted by Crippen LogP contribution is 2.31. The summed E-state index contributed by atoms with van der Waals surface area (Å²) in [4.78, 5) is 16.5. The first-order valence-electron chi connectivity index (χ1n) is 9.99. The van der Waals surface area contributed by atoms with Gasteiger partial charge in [0.2, 0.25) is 0 Å². The summed E-state index contributed by atoms with van der Waals surface area (Å²) in [5.41, 5.74) is 0.696. The summed E-state index contributed by atoms with van der Waals surface area (Å²) in [5, 5.41) is 2.81. The molecule has 30 heavy (non-hydrogen) atoms. The number of carbonyl (C=O) groups excluding carboxylic acids is 1. The summed E-state index contributed by atoms with van der Waals surface area (Å²) in [7, 11) is 0. The van der Waals surface area contributed by atoms with E-state index in [-0.39, 0.29) is 6.03 Å². The van der Waals surface area contributed by atoms with Crippen molar-refractivity contribution < 1.29 is 22.7 Å². The molecule has 1 unspecified atom stereocenters. The van der Waals surface area contributed by atoms with Gasteiger partial charge in [0.1, 0.15) is 5.75 Å². The van der Waals surface area contributed by atoms with Crippen LogP contribution in [0.2, 0.25) is 0 Å². The number of urea groups is 1. The van der Waals surface area contributed by atoms with E-state index in [2.05, 4.69) is 10.2 Å². The Kier molecular flexibility index (Phi) is 6.74. The van der Waals surface area contributed by atoms with Gasteiger partial charge in [-0.2, -0.15) is 13.2 Å². The molecule has 2 aromatic rings. The van der Waals surface area contributed by atoms with Gasteiger partial charge >= 0.3 is 12.2 Å². The molecule has 2 amide bonds. The predicted octanol–water partition coefficient (Wildman–Crippen LogP) is 4.70. The van der Waals surface area contributed by atoms with Crippen molar-refractivity contribution in [2.24, 2.45) is 0 Å². The molecule has 1 N–H and O–H groups in total. The standard InChI is InChI=1S/C22H26F3N3O2/c1-3-30-20-10-5-4-9-19(20)27-11-13-28(14-12-27)21(29)26-16(2)17-7-6-8-18(15-17)22(23,24)25/h4-10,15-16H,3,11-14H2,1-2H3,(H,26,29). The zero-order valence-corrected chi connectivity index (χ0v) is 17.1. The van der Waals surface area contributed by atoms with Gasteiger partial charge in [-0.15, -0.1) is 0 Å². The molecule has 1 heterocycles. The lowest BCUT2D eigenvalue weighted by atomic mass is 10.1. The number of para-hydroxylation sites is 2. The van der Waals surface area contributed by atoms with Gasteiger partial charge in [0.15, 0.2) is 0 Å². The van der Waals surface area contributed by atoms with Crippen molar-refractivity contribution in [3.05, 3.63) is 59.7 Å². The Morgan fingerprint density at radius 1 is 1.10 bits per heavy atom. The lowest BCUT2D eigenvalue weighted by Gasteiger charge is -2.37. The largest absolute Gasteiger partial charge is 0.492 e. The first-order chi connectivity index (χ1) is 14.3. The van der Waals surface area contributed by atoms with Crippen LogP contribution in [0.15, 0.2) is 48.5 Å². The van der Waals surface area contributed by atoms with Gasteiger partial charge in [-0.1, -0.05) is 24.3 Å². The van der Waals surface area contributed by atoms with Crippen LogP contribution in [0.3, 0.4) is 0 Å². The first-order valence-corrected chi connectivity index (χ1v) is 9.99. The number of hydrogen-bond acceptors (Lipinski definition) is 3. The highest BCUT2D eigenvalue weighted by molar-refractivity contribution is 5.75. The average molecular weight is 421 g/mol. The zero-order valence-electron chi connectivity index (χ0n) is 17.1. The molecule has 1 aliphatic heterocycles. The fourth-order valence-electron chi connectivity index (χ4n) is 3.49. The quantitative estimate of drug-likeness (QED) is 0.761. The molecule has 0 spiro atoms. The number of carbonyl (C=O) groups is 1. The van der Waals surface area contributed by atoms with E-state index in [9.17, 15) is 18.0 Å². The number of alkyl halides is 3. The second-order valence-electron chi connectivity index (χ2n) is 7.17. The van der Waals surface area contributed by atoms with Crippen molar-refractivity contribution in [2.75, 3.05) is 37.7 Å². The third-order valence-corrected chi connectivity index (χ3v) is 5.13. The summed E-state index contributed by atoms with van der Waals surface area (Å²) in [6.45, 7) is 6.52. The van der Waals surface area contributed by atoms with Crippen LogP contribution in [0.4, 0.5) is 23.7 Å². The van der Waals surface area contributed by atoms with E-state index in [0.717, 1.165) is 23.6 Å². The van der Waals surface area contributed by atoms with E-state index in [1.165, 1.54) is 6.07 Å². The van der Waals surface area contributed by atoms with E-state index in [0.29, 0.717) is 38.3 Å². The smallest absolute Gasteiger partial charge is 0.416 e. The molecule has 0 aromatic heterocycles. The van der Waals surface area contributed by atoms with Gasteiger partial charge in [0.25, 0.3) is 0 Å². The van der Waals surface area contributed by atoms with Crippen LogP contribution in [0.25, 0.3) is 0 Å². The minimum absolute atomic E-state index is 0.280. The number of nitrogens with one attached hydrogen (secondary N) is 1. The number of amides is 2. The molecule has 5 nitrogen and oxygen atoms in total. The minimum atomic E-state index is -4.41. The third kappa shape index (κ3) is 5.17. The monoisotopic (exact) mass is 421 g/mol. The normalized spacial score (nSPS) is 15.6. The van der Waals surface area contributed by atoms with Crippen molar-refractivity contribution in [3.8, 4) is 5.75 Å². The van der Waals surface area contributed by atoms with Crippen LogP contribution < -0.4 is 15.0 Å². The topological polar surface area (TPSA) is 44.8 Å². The number of rotatable bonds is 5. The van der Waals surface area contributed by atoms with Crippen molar-refractivity contribution in [1.29, 1.82) is 0 Å². The Morgan fingerprint density at radius 2 is 1.80 bits per heavy atom. The van der Waals surface area contributed by atoms with Gasteiger partial charge in [0.05, 0.1) is 23.9 Å². The number of nitrogens with zero attached hydrogens (tertiary/aromatic N) is 2. The summed E-state index contributed by atoms with van der Waals surface area (Å²) < 4.78 is 44.5. The molecule has 0 bridgehead atoms. The second-order valence-corrected chi connectivity index (χ2v) is 7.17. The van der Waals surface area contributed by atoms with E-state index < -0.39 is 17.8 Å². The Balaban J connectivity index is 1.58. The lowest BCUT2D eigenvalue weighted by molar-refractivity contribution is -0.137. The van der Waals surface area contributed by atoms with E-state index in [1.54, 1.807) is 17.9 Å². The maximum absolute atomic E-state index is 12.9. The van der Waals surface area contributed by atoms with Crippen molar-refractivity contribution >= 4 is 11.7 Å². The highest BCUT2D eigenvalue weighted by Gasteiger charge is 2.31. The summed E-state index contributed by atoms with van der Waals surface area (Å²) in [5.74, 6) is 0.816. The van der Waals surface area contributed by atoms with Crippen LogP contribution in [0.1, 0.15) is 31.0 Å². The fraction of sp³-hybridized carbons (Fsp3) is 0.409. The second kappa shape index (κ2) is 9.28. The molecule has 0 saturated carbocycles. The predicted molar refractivity (Wildman–Crippen MR) is 110 cm³/mol. The average Bonchev–Trinajstić information content (AvgIpc) is 2.74. The van der Waals surface area contributed by atoms with E-state index in [4.69, 9.17) is 4.74 Å². The molecule has 0 radical (unpaired) electrons. The van der Waals surface area contributed by atoms with Crippen LogP contribution >= 0.6 is 0 Å². The molecule has 1 saturated heterocycles. The molecule has 1 aliphatic rings. The molecular weight excluding hydrogens is 395 g/mol. The molecule has 8 heteroatoms. The van der Waals surface area contributed by atoms with Gasteiger partial charge < -0.3 is 19.9 Å². The summed E-state index contributed by atoms with van der Waals surface area (Å²) >= 11 is 0. The van der Waals surface area contributed by atoms with E-state index in [1.807, 2.05) is 31.2 Å². The van der Waals surface area contributed by atoms with E-state index >= 15 is 0 Å². The van der Waals surface area contributed by atoms with Crippen LogP contribution in [-0.4, -0.2) is 43.7 Å². The van der Waals surface area contributed by atoms with Gasteiger partial charge in [-0.3, -0.25) is 0 Å². The zero-order chi connectivity index (χ0) is 21.7. The summed E-state index contributed by atoms with van der Waals surface area (Å²) in [6.07, 6.45) is -4.41. The van der Waals surface area contributed by atoms with Gasteiger partial charge in [0, 0.05) is 26.2 Å². The molecule has 3 rings (SSSR count). The Hall–Kier alpha value is -2.90. The minimum Gasteiger partial charge on any atom is -0.492 e. The summed E-state index contributed by atoms with van der Waals surface area (Å²) in [6, 6.07) is 12.0. The molecule has 162 valence electrons. The highest BCUT2D eigenvalue weighted by atomic mass is 19.4. The third-order valence-electron chi connectivity index (χ3n) is 5.13. The lowest BCUT2D eigenvalue weighted by Crippen LogP contribution is -2.52. The van der Waals surface area contributed by atoms with Crippen LogP contribution in [-0.2, 0) is 6.18 Å². The number of anilines is 1. The SMILES string of the molecule is CCOc1ccccc1N1CCN(C(=O)NC(C)c2cccc(C(F)(F)F)c2)CC1. The Bertz CT molecular complexity index is 865. The van der Waals surface area contributed by atoms with Crippen molar-refractivity contribution in [3.63, 3.8) is 0 Å². The molecule has 0 aliphatic carbocycles. The van der Waals surface area contributed by atoms with Crippen LogP contribution in [0.5, 0.6) is 5.75 Å². The maximum Gasteiger partial charge on any atom is 0.416 e. The fourth-order valence-corrected chi connectivity index (χ4v) is 3.49. The molecule has 1 fully saturated rings. The number of halogens is 3. The molecule has 2 aromatic carbocycles. The number of benzene rings is 2. The van der Waals surface area contributed by atoms with Gasteiger partial charge in [-0.05, 0) is 43.7 Å². The Labute approximate surface area is 174 Å². The molecule has 1 atom stereocenters. The number of hydrogen-bond donors (Lipinski definition) is 1. The maximum atomic E-state index is 12.9. The first kappa shape index (κ1) is 21.8. The molecular formula is C22H26F3N3O2. The Morgan fingerprint density at radius 3 is 2.47 bits per heavy atom. The number of piperazine rings is 1. The van der Waals surface area contributed by atoms with Crippen molar-refractivity contribution in [2.45, 2.75) is 26.1 Å². The van der Waals surface area contributed by atoms with Gasteiger partial charge in [-0.25, -0.2) is 4.79 Å². The van der Waals surface area contributed by atoms with Crippen LogP contribution in [0, 0.1) is 0 Å². The van der Waals surface area contributed by atoms with Crippen molar-refractivity contribution in [1.82, 2.24) is 10.2 Å².